The van der Waals surface area contributed by atoms with Crippen molar-refractivity contribution >= 4 is 33.3 Å². The zero-order chi connectivity index (χ0) is 13.0. The van der Waals surface area contributed by atoms with Gasteiger partial charge in [-0.25, -0.2) is 9.97 Å². The van der Waals surface area contributed by atoms with E-state index in [-0.39, 0.29) is 12.5 Å². The normalized spacial score (nSPS) is 10.6. The van der Waals surface area contributed by atoms with Crippen molar-refractivity contribution in [3.63, 3.8) is 0 Å². The summed E-state index contributed by atoms with van der Waals surface area (Å²) in [6.45, 7) is 3.05. The lowest BCUT2D eigenvalue weighted by Crippen LogP contribution is -2.32. The van der Waals surface area contributed by atoms with Gasteiger partial charge in [0.25, 0.3) is 0 Å². The van der Waals surface area contributed by atoms with E-state index in [2.05, 4.69) is 16.9 Å². The zero-order valence-corrected chi connectivity index (χ0v) is 11.2. The molecule has 0 saturated heterocycles. The number of esters is 1. The fourth-order valence-corrected chi connectivity index (χ4v) is 2.61. The fraction of sp³-hybridized carbons (Fsp3) is 0.417. The third kappa shape index (κ3) is 2.59. The molecule has 2 heterocycles. The van der Waals surface area contributed by atoms with Gasteiger partial charge in [-0.3, -0.25) is 4.79 Å². The van der Waals surface area contributed by atoms with Gasteiger partial charge in [0.2, 0.25) is 0 Å². The van der Waals surface area contributed by atoms with Gasteiger partial charge in [0.1, 0.15) is 12.9 Å². The van der Waals surface area contributed by atoms with Crippen molar-refractivity contribution in [2.45, 2.75) is 13.3 Å². The van der Waals surface area contributed by atoms with Crippen LogP contribution in [0, 0.1) is 0 Å². The van der Waals surface area contributed by atoms with Crippen LogP contribution in [-0.4, -0.2) is 36.1 Å². The number of fused-ring (bicyclic) bond motifs is 1. The van der Waals surface area contributed by atoms with Gasteiger partial charge in [-0.1, -0.05) is 6.92 Å². The molecule has 18 heavy (non-hydrogen) atoms. The molecule has 0 amide bonds. The lowest BCUT2D eigenvalue weighted by molar-refractivity contribution is -0.138. The van der Waals surface area contributed by atoms with E-state index >= 15 is 0 Å². The molecule has 6 heteroatoms. The second-order valence-corrected chi connectivity index (χ2v) is 4.75. The van der Waals surface area contributed by atoms with E-state index in [1.807, 2.05) is 16.3 Å². The smallest absolute Gasteiger partial charge is 0.325 e. The summed E-state index contributed by atoms with van der Waals surface area (Å²) in [5.41, 5.74) is 0.913. The molecule has 0 unspecified atom stereocenters. The second-order valence-electron chi connectivity index (χ2n) is 3.83. The highest BCUT2D eigenvalue weighted by Crippen LogP contribution is 2.27. The van der Waals surface area contributed by atoms with Crippen LogP contribution in [0.1, 0.15) is 13.3 Å². The van der Waals surface area contributed by atoms with E-state index in [4.69, 9.17) is 4.74 Å². The Balaban J connectivity index is 2.34. The summed E-state index contributed by atoms with van der Waals surface area (Å²) in [6.07, 6.45) is 2.47. The van der Waals surface area contributed by atoms with E-state index in [9.17, 15) is 4.79 Å². The molecule has 0 atom stereocenters. The summed E-state index contributed by atoms with van der Waals surface area (Å²) in [5.74, 6) is 0.550. The van der Waals surface area contributed by atoms with Crippen molar-refractivity contribution in [3.05, 3.63) is 17.8 Å². The predicted molar refractivity (Wildman–Crippen MR) is 71.9 cm³/mol. The molecule has 0 fully saturated rings. The maximum Gasteiger partial charge on any atom is 0.325 e. The summed E-state index contributed by atoms with van der Waals surface area (Å²) < 4.78 is 5.73. The molecular formula is C12H15N3O2S. The van der Waals surface area contributed by atoms with Crippen molar-refractivity contribution in [2.24, 2.45) is 0 Å². The number of rotatable bonds is 5. The first-order valence-corrected chi connectivity index (χ1v) is 6.64. The van der Waals surface area contributed by atoms with Crippen molar-refractivity contribution in [1.29, 1.82) is 0 Å². The van der Waals surface area contributed by atoms with Crippen LogP contribution in [0.25, 0.3) is 10.2 Å². The Morgan fingerprint density at radius 1 is 1.50 bits per heavy atom. The topological polar surface area (TPSA) is 55.3 Å². The van der Waals surface area contributed by atoms with Crippen LogP contribution in [0.3, 0.4) is 0 Å². The van der Waals surface area contributed by atoms with Gasteiger partial charge in [-0.05, 0) is 17.9 Å². The highest BCUT2D eigenvalue weighted by Gasteiger charge is 2.16. The molecule has 5 nitrogen and oxygen atoms in total. The number of thiophene rings is 1. The van der Waals surface area contributed by atoms with Gasteiger partial charge in [-0.2, -0.15) is 0 Å². The minimum atomic E-state index is -0.258. The largest absolute Gasteiger partial charge is 0.468 e. The van der Waals surface area contributed by atoms with Crippen molar-refractivity contribution in [3.8, 4) is 0 Å². The van der Waals surface area contributed by atoms with Gasteiger partial charge in [0.05, 0.1) is 17.3 Å². The standard InChI is InChI=1S/C12H15N3O2S/c1-3-5-15(7-10(16)17-2)12-11-9(4-6-18-11)13-8-14-12/h4,6,8H,3,5,7H2,1-2H3. The van der Waals surface area contributed by atoms with Crippen LogP contribution < -0.4 is 4.90 Å². The molecule has 0 aromatic carbocycles. The molecule has 0 radical (unpaired) electrons. The van der Waals surface area contributed by atoms with Gasteiger partial charge < -0.3 is 9.64 Å². The Morgan fingerprint density at radius 3 is 3.06 bits per heavy atom. The SMILES string of the molecule is CCCN(CC(=O)OC)c1ncnc2ccsc12. The Kier molecular flexibility index (Phi) is 4.09. The zero-order valence-electron chi connectivity index (χ0n) is 10.4. The van der Waals surface area contributed by atoms with Gasteiger partial charge in [0, 0.05) is 6.54 Å². The lowest BCUT2D eigenvalue weighted by atomic mass is 10.3. The number of nitrogens with zero attached hydrogens (tertiary/aromatic N) is 3. The molecule has 0 aliphatic carbocycles. The van der Waals surface area contributed by atoms with Crippen LogP contribution in [0.5, 0.6) is 0 Å². The van der Waals surface area contributed by atoms with Crippen LogP contribution in [0.2, 0.25) is 0 Å². The summed E-state index contributed by atoms with van der Waals surface area (Å²) in [7, 11) is 1.40. The molecular weight excluding hydrogens is 250 g/mol. The fourth-order valence-electron chi connectivity index (χ4n) is 1.75. The number of ether oxygens (including phenoxy) is 1. The maximum absolute atomic E-state index is 11.4. The highest BCUT2D eigenvalue weighted by atomic mass is 32.1. The Labute approximate surface area is 109 Å². The first-order chi connectivity index (χ1) is 8.76. The summed E-state index contributed by atoms with van der Waals surface area (Å²) in [5, 5.41) is 1.98. The average molecular weight is 265 g/mol. The van der Waals surface area contributed by atoms with Crippen LogP contribution in [0.15, 0.2) is 17.8 Å². The number of carbonyl (C=O) groups is 1. The molecule has 2 rings (SSSR count). The van der Waals surface area contributed by atoms with Gasteiger partial charge in [0.15, 0.2) is 5.82 Å². The average Bonchev–Trinajstić information content (AvgIpc) is 2.86. The molecule has 0 N–H and O–H groups in total. The Bertz CT molecular complexity index is 541. The number of hydrogen-bond donors (Lipinski definition) is 0. The molecule has 0 aliphatic heterocycles. The van der Waals surface area contributed by atoms with Crippen LogP contribution >= 0.6 is 11.3 Å². The molecule has 0 spiro atoms. The van der Waals surface area contributed by atoms with Crippen molar-refractivity contribution in [1.82, 2.24) is 9.97 Å². The summed E-state index contributed by atoms with van der Waals surface area (Å²) >= 11 is 1.58. The number of aromatic nitrogens is 2. The first-order valence-electron chi connectivity index (χ1n) is 5.76. The minimum absolute atomic E-state index is 0.217. The van der Waals surface area contributed by atoms with Gasteiger partial charge >= 0.3 is 5.97 Å². The Hall–Kier alpha value is -1.69. The number of hydrogen-bond acceptors (Lipinski definition) is 6. The predicted octanol–water partition coefficient (Wildman–Crippen LogP) is 2.08. The molecule has 0 aliphatic rings. The summed E-state index contributed by atoms with van der Waals surface area (Å²) in [4.78, 5) is 21.9. The quantitative estimate of drug-likeness (QED) is 0.775. The van der Waals surface area contributed by atoms with E-state index in [0.29, 0.717) is 0 Å². The van der Waals surface area contributed by atoms with E-state index in [1.54, 1.807) is 11.3 Å². The van der Waals surface area contributed by atoms with E-state index in [1.165, 1.54) is 13.4 Å². The van der Waals surface area contributed by atoms with Gasteiger partial charge in [-0.15, -0.1) is 11.3 Å². The third-order valence-electron chi connectivity index (χ3n) is 2.57. The number of carbonyl (C=O) groups excluding carboxylic acids is 1. The van der Waals surface area contributed by atoms with Crippen molar-refractivity contribution in [2.75, 3.05) is 25.1 Å². The minimum Gasteiger partial charge on any atom is -0.468 e. The molecule has 0 bridgehead atoms. The Morgan fingerprint density at radius 2 is 2.33 bits per heavy atom. The monoisotopic (exact) mass is 265 g/mol. The molecule has 2 aromatic rings. The molecule has 0 saturated carbocycles. The third-order valence-corrected chi connectivity index (χ3v) is 3.46. The van der Waals surface area contributed by atoms with E-state index in [0.717, 1.165) is 29.0 Å². The number of methoxy groups -OCH3 is 1. The maximum atomic E-state index is 11.4. The molecule has 96 valence electrons. The molecule has 2 aromatic heterocycles. The van der Waals surface area contributed by atoms with Crippen LogP contribution in [0.4, 0.5) is 5.82 Å². The van der Waals surface area contributed by atoms with Crippen LogP contribution in [-0.2, 0) is 9.53 Å². The van der Waals surface area contributed by atoms with E-state index < -0.39 is 0 Å². The summed E-state index contributed by atoms with van der Waals surface area (Å²) in [6, 6.07) is 1.95. The first kappa shape index (κ1) is 12.8. The van der Waals surface area contributed by atoms with Crippen molar-refractivity contribution < 1.29 is 9.53 Å². The highest BCUT2D eigenvalue weighted by molar-refractivity contribution is 7.17. The lowest BCUT2D eigenvalue weighted by Gasteiger charge is -2.21. The number of anilines is 1. The second kappa shape index (κ2) is 5.77.